The van der Waals surface area contributed by atoms with Gasteiger partial charge in [0.2, 0.25) is 0 Å². The lowest BCUT2D eigenvalue weighted by atomic mass is 10.0. The normalized spacial score (nSPS) is 17.8. The summed E-state index contributed by atoms with van der Waals surface area (Å²) in [6, 6.07) is 6.97. The van der Waals surface area contributed by atoms with E-state index in [9.17, 15) is 15.2 Å². The molecule has 2 heterocycles. The molecule has 1 aliphatic rings. The molecule has 1 aliphatic heterocycles. The standard InChI is InChI=1S/C18H21ClN4O3/c1-12-7-18(20-9-16(12)23(25)26)21-15-3-2-6-22(11-15)10-13-8-14(19)4-5-17(13)24/h4-5,7-9,15,24H,2-3,6,10-11H2,1H3,(H,20,21). The Kier molecular flexibility index (Phi) is 5.58. The van der Waals surface area contributed by atoms with Gasteiger partial charge in [-0.15, -0.1) is 0 Å². The average molecular weight is 377 g/mol. The van der Waals surface area contributed by atoms with E-state index >= 15 is 0 Å². The third-order valence-electron chi connectivity index (χ3n) is 4.57. The van der Waals surface area contributed by atoms with Crippen molar-refractivity contribution in [2.24, 2.45) is 0 Å². The number of phenols is 1. The maximum absolute atomic E-state index is 10.9. The smallest absolute Gasteiger partial charge is 0.290 e. The molecule has 8 heteroatoms. The lowest BCUT2D eigenvalue weighted by Crippen LogP contribution is -2.41. The summed E-state index contributed by atoms with van der Waals surface area (Å²) in [7, 11) is 0. The van der Waals surface area contributed by atoms with E-state index < -0.39 is 4.92 Å². The molecule has 1 saturated heterocycles. The van der Waals surface area contributed by atoms with Gasteiger partial charge in [0.15, 0.2) is 0 Å². The number of hydrogen-bond donors (Lipinski definition) is 2. The summed E-state index contributed by atoms with van der Waals surface area (Å²) in [6.07, 6.45) is 3.31. The van der Waals surface area contributed by atoms with Crippen molar-refractivity contribution in [1.82, 2.24) is 9.88 Å². The van der Waals surface area contributed by atoms with Crippen molar-refractivity contribution in [2.45, 2.75) is 32.4 Å². The van der Waals surface area contributed by atoms with Gasteiger partial charge in [0.25, 0.3) is 5.69 Å². The van der Waals surface area contributed by atoms with Gasteiger partial charge in [-0.25, -0.2) is 4.98 Å². The third-order valence-corrected chi connectivity index (χ3v) is 4.81. The number of aryl methyl sites for hydroxylation is 1. The second kappa shape index (κ2) is 7.88. The van der Waals surface area contributed by atoms with Crippen molar-refractivity contribution in [3.63, 3.8) is 0 Å². The number of nitrogens with one attached hydrogen (secondary N) is 1. The van der Waals surface area contributed by atoms with Gasteiger partial charge in [-0.3, -0.25) is 15.0 Å². The number of halogens is 1. The highest BCUT2D eigenvalue weighted by atomic mass is 35.5. The monoisotopic (exact) mass is 376 g/mol. The molecule has 26 heavy (non-hydrogen) atoms. The summed E-state index contributed by atoms with van der Waals surface area (Å²) < 4.78 is 0. The Balaban J connectivity index is 1.64. The quantitative estimate of drug-likeness (QED) is 0.610. The van der Waals surface area contributed by atoms with Gasteiger partial charge >= 0.3 is 0 Å². The summed E-state index contributed by atoms with van der Waals surface area (Å²) in [5.41, 5.74) is 1.42. The van der Waals surface area contributed by atoms with E-state index in [1.54, 1.807) is 31.2 Å². The Bertz CT molecular complexity index is 815. The topological polar surface area (TPSA) is 91.5 Å². The van der Waals surface area contributed by atoms with Gasteiger partial charge in [0.1, 0.15) is 17.8 Å². The Morgan fingerprint density at radius 2 is 2.27 bits per heavy atom. The first-order valence-electron chi connectivity index (χ1n) is 8.49. The Morgan fingerprint density at radius 3 is 3.00 bits per heavy atom. The summed E-state index contributed by atoms with van der Waals surface area (Å²) in [4.78, 5) is 16.9. The minimum Gasteiger partial charge on any atom is -0.508 e. The van der Waals surface area contributed by atoms with Gasteiger partial charge in [-0.2, -0.15) is 0 Å². The molecule has 1 unspecified atom stereocenters. The predicted octanol–water partition coefficient (Wildman–Crippen LogP) is 3.73. The minimum absolute atomic E-state index is 0.0252. The largest absolute Gasteiger partial charge is 0.508 e. The molecule has 0 radical (unpaired) electrons. The van der Waals surface area contributed by atoms with Crippen LogP contribution in [0.25, 0.3) is 0 Å². The zero-order valence-electron chi connectivity index (χ0n) is 14.5. The van der Waals surface area contributed by atoms with E-state index in [1.165, 1.54) is 6.20 Å². The number of likely N-dealkylation sites (tertiary alicyclic amines) is 1. The molecule has 138 valence electrons. The van der Waals surface area contributed by atoms with Crippen LogP contribution in [-0.4, -0.2) is 39.0 Å². The minimum atomic E-state index is -0.425. The molecule has 0 spiro atoms. The van der Waals surface area contributed by atoms with Crippen molar-refractivity contribution in [1.29, 1.82) is 0 Å². The fourth-order valence-corrected chi connectivity index (χ4v) is 3.46. The molecular formula is C18H21ClN4O3. The summed E-state index contributed by atoms with van der Waals surface area (Å²) in [5.74, 6) is 0.891. The number of hydrogen-bond acceptors (Lipinski definition) is 6. The molecule has 7 nitrogen and oxygen atoms in total. The van der Waals surface area contributed by atoms with E-state index in [0.717, 1.165) is 31.5 Å². The first-order chi connectivity index (χ1) is 12.4. The van der Waals surface area contributed by atoms with Gasteiger partial charge in [-0.1, -0.05) is 11.6 Å². The number of benzene rings is 1. The number of piperidine rings is 1. The fourth-order valence-electron chi connectivity index (χ4n) is 3.27. The van der Waals surface area contributed by atoms with Crippen molar-refractivity contribution in [2.75, 3.05) is 18.4 Å². The molecule has 0 bridgehead atoms. The van der Waals surface area contributed by atoms with Crippen LogP contribution in [-0.2, 0) is 6.54 Å². The first-order valence-corrected chi connectivity index (χ1v) is 8.87. The average Bonchev–Trinajstić information content (AvgIpc) is 2.58. The lowest BCUT2D eigenvalue weighted by Gasteiger charge is -2.33. The number of aromatic nitrogens is 1. The second-order valence-electron chi connectivity index (χ2n) is 6.60. The fraction of sp³-hybridized carbons (Fsp3) is 0.389. The van der Waals surface area contributed by atoms with E-state index in [4.69, 9.17) is 11.6 Å². The summed E-state index contributed by atoms with van der Waals surface area (Å²) >= 11 is 6.02. The molecule has 2 aromatic rings. The zero-order valence-corrected chi connectivity index (χ0v) is 15.2. The van der Waals surface area contributed by atoms with Crippen LogP contribution in [0, 0.1) is 17.0 Å². The first kappa shape index (κ1) is 18.4. The summed E-state index contributed by atoms with van der Waals surface area (Å²) in [6.45, 7) is 4.07. The van der Waals surface area contributed by atoms with Crippen molar-refractivity contribution >= 4 is 23.1 Å². The highest BCUT2D eigenvalue weighted by Crippen LogP contribution is 2.25. The van der Waals surface area contributed by atoms with Crippen LogP contribution in [0.2, 0.25) is 5.02 Å². The van der Waals surface area contributed by atoms with Crippen LogP contribution in [0.3, 0.4) is 0 Å². The van der Waals surface area contributed by atoms with Crippen molar-refractivity contribution in [3.8, 4) is 5.75 Å². The Hall–Kier alpha value is -2.38. The molecule has 1 aromatic heterocycles. The molecule has 0 amide bonds. The number of rotatable bonds is 5. The molecule has 1 aromatic carbocycles. The van der Waals surface area contributed by atoms with Crippen LogP contribution in [0.15, 0.2) is 30.5 Å². The number of nitrogens with zero attached hydrogens (tertiary/aromatic N) is 3. The van der Waals surface area contributed by atoms with E-state index in [1.807, 2.05) is 0 Å². The highest BCUT2D eigenvalue weighted by molar-refractivity contribution is 6.30. The van der Waals surface area contributed by atoms with Crippen LogP contribution < -0.4 is 5.32 Å². The Morgan fingerprint density at radius 1 is 1.46 bits per heavy atom. The zero-order chi connectivity index (χ0) is 18.7. The molecule has 0 aliphatic carbocycles. The molecule has 2 N–H and O–H groups in total. The van der Waals surface area contributed by atoms with Crippen LogP contribution in [0.1, 0.15) is 24.0 Å². The number of anilines is 1. The van der Waals surface area contributed by atoms with Crippen molar-refractivity contribution < 1.29 is 10.0 Å². The highest BCUT2D eigenvalue weighted by Gasteiger charge is 2.22. The number of nitro groups is 1. The van der Waals surface area contributed by atoms with Gasteiger partial charge in [0.05, 0.1) is 4.92 Å². The lowest BCUT2D eigenvalue weighted by molar-refractivity contribution is -0.385. The SMILES string of the molecule is Cc1cc(NC2CCCN(Cc3cc(Cl)ccc3O)C2)ncc1[N+](=O)[O-]. The van der Waals surface area contributed by atoms with E-state index in [-0.39, 0.29) is 17.5 Å². The molecular weight excluding hydrogens is 356 g/mol. The van der Waals surface area contributed by atoms with Gasteiger partial charge < -0.3 is 10.4 Å². The van der Waals surface area contributed by atoms with Crippen LogP contribution in [0.4, 0.5) is 11.5 Å². The second-order valence-corrected chi connectivity index (χ2v) is 7.04. The Labute approximate surface area is 156 Å². The van der Waals surface area contributed by atoms with Crippen molar-refractivity contribution in [3.05, 3.63) is 56.7 Å². The van der Waals surface area contributed by atoms with E-state index in [0.29, 0.717) is 22.9 Å². The van der Waals surface area contributed by atoms with E-state index in [2.05, 4.69) is 15.2 Å². The number of pyridine rings is 1. The maximum Gasteiger partial charge on any atom is 0.290 e. The number of phenolic OH excluding ortho intramolecular Hbond substituents is 1. The maximum atomic E-state index is 10.9. The molecule has 1 fully saturated rings. The van der Waals surface area contributed by atoms with Crippen LogP contribution >= 0.6 is 11.6 Å². The third kappa shape index (κ3) is 4.42. The molecule has 3 rings (SSSR count). The van der Waals surface area contributed by atoms with Crippen LogP contribution in [0.5, 0.6) is 5.75 Å². The number of aromatic hydroxyl groups is 1. The molecule has 0 saturated carbocycles. The predicted molar refractivity (Wildman–Crippen MR) is 101 cm³/mol. The van der Waals surface area contributed by atoms with Gasteiger partial charge in [0, 0.05) is 35.3 Å². The molecule has 1 atom stereocenters. The summed E-state index contributed by atoms with van der Waals surface area (Å²) in [5, 5.41) is 24.9. The van der Waals surface area contributed by atoms with Gasteiger partial charge in [-0.05, 0) is 50.6 Å².